The summed E-state index contributed by atoms with van der Waals surface area (Å²) in [5.41, 5.74) is 0.0400. The molecule has 0 saturated heterocycles. The van der Waals surface area contributed by atoms with Crippen LogP contribution in [0.5, 0.6) is 0 Å². The second kappa shape index (κ2) is 4.81. The van der Waals surface area contributed by atoms with Crippen LogP contribution in [-0.4, -0.2) is 16.0 Å². The van der Waals surface area contributed by atoms with E-state index in [1.165, 1.54) is 11.3 Å². The third-order valence-electron chi connectivity index (χ3n) is 3.79. The van der Waals surface area contributed by atoms with E-state index in [0.717, 1.165) is 17.7 Å². The molecule has 6 nitrogen and oxygen atoms in total. The molecule has 22 heavy (non-hydrogen) atoms. The van der Waals surface area contributed by atoms with Gasteiger partial charge in [-0.3, -0.25) is 4.79 Å². The van der Waals surface area contributed by atoms with Gasteiger partial charge < -0.3 is 14.3 Å². The van der Waals surface area contributed by atoms with Gasteiger partial charge in [0.05, 0.1) is 17.4 Å². The Balaban J connectivity index is 1.57. The number of amides is 1. The minimum absolute atomic E-state index is 0.0823. The fourth-order valence-corrected chi connectivity index (χ4v) is 3.05. The molecule has 0 unspecified atom stereocenters. The summed E-state index contributed by atoms with van der Waals surface area (Å²) in [6, 6.07) is 5.35. The van der Waals surface area contributed by atoms with Gasteiger partial charge in [-0.05, 0) is 31.9 Å². The maximum Gasteiger partial charge on any atom is 0.238 e. The highest BCUT2D eigenvalue weighted by Crippen LogP contribution is 2.49. The Morgan fingerprint density at radius 3 is 2.91 bits per heavy atom. The Bertz CT molecular complexity index is 815. The van der Waals surface area contributed by atoms with Crippen molar-refractivity contribution in [2.45, 2.75) is 25.2 Å². The predicted octanol–water partition coefficient (Wildman–Crippen LogP) is 3.37. The van der Waals surface area contributed by atoms with Crippen molar-refractivity contribution in [3.63, 3.8) is 0 Å². The highest BCUT2D eigenvalue weighted by Gasteiger charge is 2.54. The first-order valence-corrected chi connectivity index (χ1v) is 7.74. The van der Waals surface area contributed by atoms with Crippen LogP contribution in [0, 0.1) is 6.92 Å². The highest BCUT2D eigenvalue weighted by molar-refractivity contribution is 7.15. The van der Waals surface area contributed by atoms with Crippen molar-refractivity contribution < 1.29 is 13.7 Å². The fourth-order valence-electron chi connectivity index (χ4n) is 2.39. The lowest BCUT2D eigenvalue weighted by Crippen LogP contribution is -2.28. The first-order chi connectivity index (χ1) is 10.7. The summed E-state index contributed by atoms with van der Waals surface area (Å²) in [5, 5.41) is 7.55. The van der Waals surface area contributed by atoms with E-state index in [0.29, 0.717) is 22.3 Å². The Kier molecular flexibility index (Phi) is 2.90. The molecule has 1 N–H and O–H groups in total. The standard InChI is InChI=1S/C15H13N3O3S/c1-9-8-16-14(22-9)17-13(19)15(4-5-15)12-7-11(21-18-12)10-3-2-6-20-10/h2-3,6-8H,4-5H2,1H3,(H,16,17,19). The molecule has 1 amide bonds. The van der Waals surface area contributed by atoms with E-state index >= 15 is 0 Å². The summed E-state index contributed by atoms with van der Waals surface area (Å²) in [7, 11) is 0. The number of thiazole rings is 1. The fraction of sp³-hybridized carbons (Fsp3) is 0.267. The van der Waals surface area contributed by atoms with Gasteiger partial charge in [-0.2, -0.15) is 0 Å². The Labute approximate surface area is 130 Å². The van der Waals surface area contributed by atoms with E-state index in [9.17, 15) is 4.79 Å². The molecular formula is C15H13N3O3S. The van der Waals surface area contributed by atoms with Gasteiger partial charge in [-0.1, -0.05) is 5.16 Å². The largest absolute Gasteiger partial charge is 0.461 e. The van der Waals surface area contributed by atoms with Crippen molar-refractivity contribution in [1.82, 2.24) is 10.1 Å². The van der Waals surface area contributed by atoms with E-state index < -0.39 is 5.41 Å². The average Bonchev–Trinajstić information content (AvgIpc) is 2.93. The molecule has 0 aromatic carbocycles. The van der Waals surface area contributed by atoms with Crippen LogP contribution in [0.3, 0.4) is 0 Å². The first kappa shape index (κ1) is 13.3. The van der Waals surface area contributed by atoms with Crippen LogP contribution >= 0.6 is 11.3 Å². The number of hydrogen-bond donors (Lipinski definition) is 1. The number of aryl methyl sites for hydroxylation is 1. The molecule has 0 bridgehead atoms. The number of furan rings is 1. The second-order valence-corrected chi connectivity index (χ2v) is 6.60. The maximum absolute atomic E-state index is 12.6. The van der Waals surface area contributed by atoms with Crippen LogP contribution in [0.4, 0.5) is 5.13 Å². The van der Waals surface area contributed by atoms with Gasteiger partial charge in [-0.15, -0.1) is 11.3 Å². The summed E-state index contributed by atoms with van der Waals surface area (Å²) in [6.45, 7) is 1.95. The zero-order chi connectivity index (χ0) is 15.2. The Hall–Kier alpha value is -2.41. The molecule has 1 saturated carbocycles. The molecular weight excluding hydrogens is 302 g/mol. The third kappa shape index (κ3) is 2.14. The third-order valence-corrected chi connectivity index (χ3v) is 4.62. The molecule has 0 atom stereocenters. The molecule has 3 aromatic heterocycles. The first-order valence-electron chi connectivity index (χ1n) is 6.92. The van der Waals surface area contributed by atoms with Crippen LogP contribution in [0.2, 0.25) is 0 Å². The van der Waals surface area contributed by atoms with Crippen molar-refractivity contribution in [3.8, 4) is 11.5 Å². The van der Waals surface area contributed by atoms with Crippen molar-refractivity contribution in [2.24, 2.45) is 0 Å². The second-order valence-electron chi connectivity index (χ2n) is 5.37. The maximum atomic E-state index is 12.6. The summed E-state index contributed by atoms with van der Waals surface area (Å²) in [4.78, 5) is 17.8. The topological polar surface area (TPSA) is 81.2 Å². The van der Waals surface area contributed by atoms with Crippen LogP contribution < -0.4 is 5.32 Å². The van der Waals surface area contributed by atoms with Crippen molar-refractivity contribution in [3.05, 3.63) is 41.2 Å². The molecule has 0 spiro atoms. The minimum atomic E-state index is -0.603. The number of aromatic nitrogens is 2. The van der Waals surface area contributed by atoms with Crippen molar-refractivity contribution in [1.29, 1.82) is 0 Å². The normalized spacial score (nSPS) is 15.7. The van der Waals surface area contributed by atoms with E-state index in [1.54, 1.807) is 30.7 Å². The smallest absolute Gasteiger partial charge is 0.238 e. The monoisotopic (exact) mass is 315 g/mol. The summed E-state index contributed by atoms with van der Waals surface area (Å²) >= 11 is 1.46. The molecule has 3 heterocycles. The molecule has 1 aliphatic carbocycles. The number of carbonyl (C=O) groups is 1. The SMILES string of the molecule is Cc1cnc(NC(=O)C2(c3cc(-c4ccco4)on3)CC2)s1. The Morgan fingerprint density at radius 1 is 1.41 bits per heavy atom. The predicted molar refractivity (Wildman–Crippen MR) is 80.6 cm³/mol. The van der Waals surface area contributed by atoms with Crippen LogP contribution in [0.25, 0.3) is 11.5 Å². The lowest BCUT2D eigenvalue weighted by atomic mass is 10.0. The molecule has 1 fully saturated rings. The van der Waals surface area contributed by atoms with Gasteiger partial charge in [0.25, 0.3) is 0 Å². The molecule has 4 rings (SSSR count). The van der Waals surface area contributed by atoms with Crippen molar-refractivity contribution >= 4 is 22.4 Å². The lowest BCUT2D eigenvalue weighted by Gasteiger charge is -2.10. The molecule has 3 aromatic rings. The van der Waals surface area contributed by atoms with Gasteiger partial charge in [0.2, 0.25) is 11.7 Å². The lowest BCUT2D eigenvalue weighted by molar-refractivity contribution is -0.118. The zero-order valence-electron chi connectivity index (χ0n) is 11.8. The van der Waals surface area contributed by atoms with Gasteiger partial charge in [-0.25, -0.2) is 4.98 Å². The van der Waals surface area contributed by atoms with Gasteiger partial charge in [0.15, 0.2) is 10.9 Å². The highest BCUT2D eigenvalue weighted by atomic mass is 32.1. The molecule has 1 aliphatic rings. The Morgan fingerprint density at radius 2 is 2.27 bits per heavy atom. The number of nitrogens with zero attached hydrogens (tertiary/aromatic N) is 2. The number of carbonyl (C=O) groups excluding carboxylic acids is 1. The van der Waals surface area contributed by atoms with E-state index in [1.807, 2.05) is 6.92 Å². The molecule has 112 valence electrons. The van der Waals surface area contributed by atoms with Crippen molar-refractivity contribution in [2.75, 3.05) is 5.32 Å². The van der Waals surface area contributed by atoms with Gasteiger partial charge in [0, 0.05) is 17.1 Å². The summed E-state index contributed by atoms with van der Waals surface area (Å²) in [6.07, 6.45) is 4.83. The molecule has 0 radical (unpaired) electrons. The van der Waals surface area contributed by atoms with Crippen LogP contribution in [0.15, 0.2) is 39.6 Å². The zero-order valence-corrected chi connectivity index (χ0v) is 12.6. The number of rotatable bonds is 4. The number of anilines is 1. The summed E-state index contributed by atoms with van der Waals surface area (Å²) < 4.78 is 10.6. The number of nitrogens with one attached hydrogen (secondary N) is 1. The molecule has 7 heteroatoms. The van der Waals surface area contributed by atoms with Gasteiger partial charge >= 0.3 is 0 Å². The van der Waals surface area contributed by atoms with Crippen LogP contribution in [0.1, 0.15) is 23.4 Å². The van der Waals surface area contributed by atoms with E-state index in [2.05, 4.69) is 15.5 Å². The van der Waals surface area contributed by atoms with Crippen LogP contribution in [-0.2, 0) is 10.2 Å². The van der Waals surface area contributed by atoms with E-state index in [4.69, 9.17) is 8.94 Å². The van der Waals surface area contributed by atoms with Gasteiger partial charge in [0.1, 0.15) is 0 Å². The average molecular weight is 315 g/mol. The quantitative estimate of drug-likeness (QED) is 0.798. The van der Waals surface area contributed by atoms with E-state index in [-0.39, 0.29) is 5.91 Å². The number of hydrogen-bond acceptors (Lipinski definition) is 6. The molecule has 0 aliphatic heterocycles. The summed E-state index contributed by atoms with van der Waals surface area (Å²) in [5.74, 6) is 1.05. The minimum Gasteiger partial charge on any atom is -0.461 e.